The van der Waals surface area contributed by atoms with Gasteiger partial charge < -0.3 is 19.6 Å². The van der Waals surface area contributed by atoms with Gasteiger partial charge in [0.2, 0.25) is 0 Å². The summed E-state index contributed by atoms with van der Waals surface area (Å²) >= 11 is 0. The number of hydrogen-bond donors (Lipinski definition) is 2. The monoisotopic (exact) mass is 311 g/mol. The Morgan fingerprint density at radius 3 is 3.04 bits per heavy atom. The molecule has 0 aliphatic carbocycles. The molecule has 6 nitrogen and oxygen atoms in total. The van der Waals surface area contributed by atoms with E-state index in [-0.39, 0.29) is 19.1 Å². The molecule has 0 bridgehead atoms. The average molecular weight is 311 g/mol. The van der Waals surface area contributed by atoms with Crippen LogP contribution in [0.4, 0.5) is 0 Å². The van der Waals surface area contributed by atoms with Crippen LogP contribution in [0, 0.1) is 0 Å². The number of carbonyl (C=O) groups excluding carboxylic acids is 1. The van der Waals surface area contributed by atoms with E-state index in [4.69, 9.17) is 9.84 Å². The molecule has 0 spiro atoms. The van der Waals surface area contributed by atoms with Crippen LogP contribution in [0.1, 0.15) is 15.9 Å². The van der Waals surface area contributed by atoms with Crippen molar-refractivity contribution in [2.24, 2.45) is 0 Å². The third-order valence-electron chi connectivity index (χ3n) is 3.44. The SMILES string of the molecule is O=C(NCc1ccccc1OCCO)c1ccn2cncc2c1. The van der Waals surface area contributed by atoms with Gasteiger partial charge >= 0.3 is 0 Å². The first-order valence-corrected chi connectivity index (χ1v) is 7.29. The second-order valence-corrected chi connectivity index (χ2v) is 5.00. The van der Waals surface area contributed by atoms with Crippen LogP contribution in [0.2, 0.25) is 0 Å². The summed E-state index contributed by atoms with van der Waals surface area (Å²) in [5.74, 6) is 0.499. The van der Waals surface area contributed by atoms with Crippen LogP contribution >= 0.6 is 0 Å². The molecular formula is C17H17N3O3. The molecule has 3 rings (SSSR count). The Morgan fingerprint density at radius 2 is 2.17 bits per heavy atom. The Balaban J connectivity index is 1.69. The molecule has 0 atom stereocenters. The van der Waals surface area contributed by atoms with Crippen molar-refractivity contribution in [3.63, 3.8) is 0 Å². The fourth-order valence-corrected chi connectivity index (χ4v) is 2.28. The molecule has 0 aliphatic rings. The number of aliphatic hydroxyl groups is 1. The van der Waals surface area contributed by atoms with Crippen LogP contribution in [0.3, 0.4) is 0 Å². The first-order chi connectivity index (χ1) is 11.3. The predicted octanol–water partition coefficient (Wildman–Crippen LogP) is 1.64. The average Bonchev–Trinajstić information content (AvgIpc) is 3.06. The van der Waals surface area contributed by atoms with Crippen molar-refractivity contribution >= 4 is 11.4 Å². The molecule has 2 heterocycles. The van der Waals surface area contributed by atoms with E-state index in [0.29, 0.717) is 17.9 Å². The quantitative estimate of drug-likeness (QED) is 0.725. The smallest absolute Gasteiger partial charge is 0.251 e. The summed E-state index contributed by atoms with van der Waals surface area (Å²) in [6, 6.07) is 11.0. The van der Waals surface area contributed by atoms with Crippen LogP contribution < -0.4 is 10.1 Å². The van der Waals surface area contributed by atoms with Crippen molar-refractivity contribution in [2.75, 3.05) is 13.2 Å². The lowest BCUT2D eigenvalue weighted by molar-refractivity contribution is 0.0950. The van der Waals surface area contributed by atoms with Crippen LogP contribution in [-0.4, -0.2) is 33.6 Å². The number of fused-ring (bicyclic) bond motifs is 1. The fraction of sp³-hybridized carbons (Fsp3) is 0.176. The zero-order valence-corrected chi connectivity index (χ0v) is 12.5. The molecule has 0 radical (unpaired) electrons. The van der Waals surface area contributed by atoms with Gasteiger partial charge in [-0.05, 0) is 18.2 Å². The summed E-state index contributed by atoms with van der Waals surface area (Å²) in [4.78, 5) is 16.3. The molecule has 1 amide bonds. The number of nitrogens with zero attached hydrogens (tertiary/aromatic N) is 2. The molecule has 2 aromatic heterocycles. The van der Waals surface area contributed by atoms with Gasteiger partial charge in [-0.15, -0.1) is 0 Å². The highest BCUT2D eigenvalue weighted by molar-refractivity contribution is 5.95. The first kappa shape index (κ1) is 15.1. The Hall–Kier alpha value is -2.86. The number of carbonyl (C=O) groups is 1. The zero-order valence-electron chi connectivity index (χ0n) is 12.5. The van der Waals surface area contributed by atoms with Gasteiger partial charge in [0.1, 0.15) is 12.4 Å². The van der Waals surface area contributed by atoms with Crippen LogP contribution in [0.25, 0.3) is 5.52 Å². The van der Waals surface area contributed by atoms with Crippen LogP contribution in [-0.2, 0) is 6.54 Å². The minimum atomic E-state index is -0.161. The van der Waals surface area contributed by atoms with Crippen molar-refractivity contribution in [3.8, 4) is 5.75 Å². The maximum absolute atomic E-state index is 12.3. The Kier molecular flexibility index (Phi) is 4.54. The first-order valence-electron chi connectivity index (χ1n) is 7.29. The van der Waals surface area contributed by atoms with E-state index < -0.39 is 0 Å². The molecular weight excluding hydrogens is 294 g/mol. The summed E-state index contributed by atoms with van der Waals surface area (Å²) in [5.41, 5.74) is 2.30. The molecule has 0 saturated heterocycles. The van der Waals surface area contributed by atoms with Crippen molar-refractivity contribution in [1.82, 2.24) is 14.7 Å². The lowest BCUT2D eigenvalue weighted by atomic mass is 10.2. The molecule has 0 fully saturated rings. The number of aliphatic hydroxyl groups excluding tert-OH is 1. The van der Waals surface area contributed by atoms with E-state index in [0.717, 1.165) is 11.1 Å². The van der Waals surface area contributed by atoms with Crippen molar-refractivity contribution in [1.29, 1.82) is 0 Å². The lowest BCUT2D eigenvalue weighted by Gasteiger charge is -2.11. The Labute approximate surface area is 133 Å². The summed E-state index contributed by atoms with van der Waals surface area (Å²) in [7, 11) is 0. The van der Waals surface area contributed by atoms with Gasteiger partial charge in [-0.3, -0.25) is 4.79 Å². The van der Waals surface area contributed by atoms with Gasteiger partial charge in [0.05, 0.1) is 24.6 Å². The molecule has 6 heteroatoms. The van der Waals surface area contributed by atoms with E-state index in [1.165, 1.54) is 0 Å². The summed E-state index contributed by atoms with van der Waals surface area (Å²) in [5, 5.41) is 11.7. The number of rotatable bonds is 6. The number of imidazole rings is 1. The molecule has 118 valence electrons. The highest BCUT2D eigenvalue weighted by atomic mass is 16.5. The van der Waals surface area contributed by atoms with Crippen molar-refractivity contribution < 1.29 is 14.6 Å². The second kappa shape index (κ2) is 6.93. The molecule has 1 aromatic carbocycles. The number of benzene rings is 1. The maximum atomic E-state index is 12.3. The third-order valence-corrected chi connectivity index (χ3v) is 3.44. The number of amides is 1. The van der Waals surface area contributed by atoms with Gasteiger partial charge in [0, 0.05) is 23.9 Å². The van der Waals surface area contributed by atoms with Crippen LogP contribution in [0.15, 0.2) is 55.1 Å². The topological polar surface area (TPSA) is 75.9 Å². The molecule has 0 aliphatic heterocycles. The maximum Gasteiger partial charge on any atom is 0.251 e. The highest BCUT2D eigenvalue weighted by Gasteiger charge is 2.09. The minimum absolute atomic E-state index is 0.0495. The van der Waals surface area contributed by atoms with E-state index in [2.05, 4.69) is 10.3 Å². The number of pyridine rings is 1. The van der Waals surface area contributed by atoms with Crippen LogP contribution in [0.5, 0.6) is 5.75 Å². The van der Waals surface area contributed by atoms with Gasteiger partial charge in [0.25, 0.3) is 5.91 Å². The number of hydrogen-bond acceptors (Lipinski definition) is 4. The van der Waals surface area contributed by atoms with E-state index >= 15 is 0 Å². The Morgan fingerprint density at radius 1 is 1.30 bits per heavy atom. The zero-order chi connectivity index (χ0) is 16.1. The Bertz CT molecular complexity index is 813. The number of nitrogens with one attached hydrogen (secondary N) is 1. The van der Waals surface area contributed by atoms with Crippen molar-refractivity contribution in [2.45, 2.75) is 6.54 Å². The molecule has 0 saturated carbocycles. The van der Waals surface area contributed by atoms with Gasteiger partial charge in [-0.2, -0.15) is 0 Å². The van der Waals surface area contributed by atoms with Gasteiger partial charge in [0.15, 0.2) is 0 Å². The van der Waals surface area contributed by atoms with E-state index in [9.17, 15) is 4.79 Å². The normalized spacial score (nSPS) is 10.7. The lowest BCUT2D eigenvalue weighted by Crippen LogP contribution is -2.23. The highest BCUT2D eigenvalue weighted by Crippen LogP contribution is 2.17. The number of para-hydroxylation sites is 1. The number of aromatic nitrogens is 2. The molecule has 2 N–H and O–H groups in total. The standard InChI is InChI=1S/C17H17N3O3/c21-7-8-23-16-4-2-1-3-14(16)10-19-17(22)13-5-6-20-12-18-11-15(20)9-13/h1-6,9,11-12,21H,7-8,10H2,(H,19,22). The minimum Gasteiger partial charge on any atom is -0.491 e. The van der Waals surface area contributed by atoms with Gasteiger partial charge in [-0.25, -0.2) is 4.98 Å². The third kappa shape index (κ3) is 3.49. The molecule has 23 heavy (non-hydrogen) atoms. The molecule has 0 unspecified atom stereocenters. The van der Waals surface area contributed by atoms with Crippen molar-refractivity contribution in [3.05, 3.63) is 66.2 Å². The summed E-state index contributed by atoms with van der Waals surface area (Å²) in [6.45, 7) is 0.528. The van der Waals surface area contributed by atoms with Gasteiger partial charge in [-0.1, -0.05) is 18.2 Å². The summed E-state index contributed by atoms with van der Waals surface area (Å²) < 4.78 is 7.30. The molecule has 3 aromatic rings. The number of ether oxygens (including phenoxy) is 1. The second-order valence-electron chi connectivity index (χ2n) is 5.00. The van der Waals surface area contributed by atoms with E-state index in [1.807, 2.05) is 28.7 Å². The largest absolute Gasteiger partial charge is 0.491 e. The predicted molar refractivity (Wildman–Crippen MR) is 85.4 cm³/mol. The summed E-state index contributed by atoms with van der Waals surface area (Å²) in [6.07, 6.45) is 5.19. The van der Waals surface area contributed by atoms with E-state index in [1.54, 1.807) is 30.9 Å². The fourth-order valence-electron chi connectivity index (χ4n) is 2.28.